The van der Waals surface area contributed by atoms with Gasteiger partial charge in [-0.05, 0) is 104 Å². The normalized spacial score (nSPS) is 48.1. The molecule has 0 unspecified atom stereocenters. The second kappa shape index (κ2) is 6.34. The lowest BCUT2D eigenvalue weighted by Gasteiger charge is -2.58. The summed E-state index contributed by atoms with van der Waals surface area (Å²) in [6.45, 7) is 17.2. The first-order valence-corrected chi connectivity index (χ1v) is 15.7. The summed E-state index contributed by atoms with van der Waals surface area (Å²) in [4.78, 5) is 12.1. The highest BCUT2D eigenvalue weighted by Crippen LogP contribution is 2.77. The first-order valence-electron chi connectivity index (χ1n) is 12.8. The van der Waals surface area contributed by atoms with Crippen molar-refractivity contribution in [2.45, 2.75) is 117 Å². The Hall–Kier alpha value is -0.413. The lowest BCUT2D eigenvalue weighted by Crippen LogP contribution is -2.51. The van der Waals surface area contributed by atoms with Crippen molar-refractivity contribution in [3.05, 3.63) is 11.6 Å². The molecule has 5 aliphatic rings. The van der Waals surface area contributed by atoms with E-state index in [1.165, 1.54) is 50.5 Å². The second-order valence-electron chi connectivity index (χ2n) is 13.7. The molecule has 0 amide bonds. The Bertz CT molecular complexity index is 791. The SMILES string of the molecule is CC(C)(C)[Si](C)(C)O[C@@H]1C[C@@]12CC[C@H]1[C@@H]3CCC4=CC(=O)CC[C@]4(C)[C@H]3CC[C@@]12C. The molecule has 168 valence electrons. The molecule has 0 aromatic rings. The van der Waals surface area contributed by atoms with Gasteiger partial charge in [-0.1, -0.05) is 40.2 Å². The molecule has 4 fully saturated rings. The van der Waals surface area contributed by atoms with Crippen LogP contribution in [0.1, 0.15) is 92.4 Å². The Balaban J connectivity index is 1.38. The van der Waals surface area contributed by atoms with Gasteiger partial charge in [0.2, 0.25) is 0 Å². The Morgan fingerprint density at radius 3 is 2.40 bits per heavy atom. The molecule has 0 N–H and O–H groups in total. The van der Waals surface area contributed by atoms with E-state index < -0.39 is 8.32 Å². The molecule has 0 saturated heterocycles. The number of hydrogen-bond acceptors (Lipinski definition) is 2. The van der Waals surface area contributed by atoms with Crippen molar-refractivity contribution in [1.29, 1.82) is 0 Å². The first-order chi connectivity index (χ1) is 13.8. The highest BCUT2D eigenvalue weighted by Gasteiger charge is 2.73. The van der Waals surface area contributed by atoms with Gasteiger partial charge < -0.3 is 4.43 Å². The summed E-state index contributed by atoms with van der Waals surface area (Å²) in [5.74, 6) is 2.93. The summed E-state index contributed by atoms with van der Waals surface area (Å²) in [6.07, 6.45) is 13.8. The second-order valence-corrected chi connectivity index (χ2v) is 18.4. The first kappa shape index (κ1) is 21.4. The molecular weight excluding hydrogens is 384 g/mol. The van der Waals surface area contributed by atoms with Crippen molar-refractivity contribution < 1.29 is 9.22 Å². The zero-order valence-electron chi connectivity index (χ0n) is 20.6. The van der Waals surface area contributed by atoms with Crippen LogP contribution in [0.25, 0.3) is 0 Å². The molecule has 0 aliphatic heterocycles. The monoisotopic (exact) mass is 428 g/mol. The van der Waals surface area contributed by atoms with Crippen LogP contribution in [0.3, 0.4) is 0 Å². The van der Waals surface area contributed by atoms with Crippen molar-refractivity contribution >= 4 is 14.1 Å². The number of hydrogen-bond donors (Lipinski definition) is 0. The largest absolute Gasteiger partial charge is 0.413 e. The average Bonchev–Trinajstić information content (AvgIpc) is 3.24. The van der Waals surface area contributed by atoms with E-state index >= 15 is 0 Å². The molecular formula is C27H44O2Si. The van der Waals surface area contributed by atoms with Crippen LogP contribution in [0.4, 0.5) is 0 Å². The van der Waals surface area contributed by atoms with E-state index in [9.17, 15) is 4.79 Å². The predicted molar refractivity (Wildman–Crippen MR) is 126 cm³/mol. The van der Waals surface area contributed by atoms with Gasteiger partial charge in [0.15, 0.2) is 14.1 Å². The Morgan fingerprint density at radius 1 is 1.00 bits per heavy atom. The van der Waals surface area contributed by atoms with Crippen LogP contribution in [0, 0.1) is 34.0 Å². The molecule has 5 rings (SSSR count). The van der Waals surface area contributed by atoms with Gasteiger partial charge in [0.05, 0.1) is 6.10 Å². The minimum atomic E-state index is -1.70. The number of ketones is 1. The summed E-state index contributed by atoms with van der Waals surface area (Å²) >= 11 is 0. The number of allylic oxidation sites excluding steroid dienone is 1. The van der Waals surface area contributed by atoms with Crippen molar-refractivity contribution in [3.8, 4) is 0 Å². The summed E-state index contributed by atoms with van der Waals surface area (Å²) in [6, 6.07) is 0. The molecule has 7 atom stereocenters. The van der Waals surface area contributed by atoms with Crippen LogP contribution < -0.4 is 0 Å². The number of fused-ring (bicyclic) bond motifs is 6. The Morgan fingerprint density at radius 2 is 1.70 bits per heavy atom. The molecule has 0 aromatic carbocycles. The van der Waals surface area contributed by atoms with Gasteiger partial charge in [0.1, 0.15) is 0 Å². The van der Waals surface area contributed by atoms with Crippen molar-refractivity contribution in [1.82, 2.24) is 0 Å². The molecule has 1 spiro atoms. The van der Waals surface area contributed by atoms with Crippen LogP contribution in [0.2, 0.25) is 18.1 Å². The minimum Gasteiger partial charge on any atom is -0.413 e. The van der Waals surface area contributed by atoms with Crippen LogP contribution in [-0.2, 0) is 9.22 Å². The van der Waals surface area contributed by atoms with E-state index in [4.69, 9.17) is 4.43 Å². The smallest absolute Gasteiger partial charge is 0.192 e. The van der Waals surface area contributed by atoms with E-state index in [1.54, 1.807) is 0 Å². The third-order valence-corrected chi connectivity index (χ3v) is 16.1. The maximum absolute atomic E-state index is 12.1. The molecule has 0 heterocycles. The summed E-state index contributed by atoms with van der Waals surface area (Å²) < 4.78 is 7.01. The van der Waals surface area contributed by atoms with Gasteiger partial charge in [-0.25, -0.2) is 0 Å². The van der Waals surface area contributed by atoms with E-state index in [-0.39, 0.29) is 0 Å². The highest BCUT2D eigenvalue weighted by atomic mass is 28.4. The van der Waals surface area contributed by atoms with Gasteiger partial charge in [-0.3, -0.25) is 4.79 Å². The fraction of sp³-hybridized carbons (Fsp3) is 0.889. The third-order valence-electron chi connectivity index (χ3n) is 11.6. The van der Waals surface area contributed by atoms with Gasteiger partial charge in [-0.15, -0.1) is 0 Å². The fourth-order valence-electron chi connectivity index (χ4n) is 8.55. The van der Waals surface area contributed by atoms with Crippen molar-refractivity contribution in [2.75, 3.05) is 0 Å². The van der Waals surface area contributed by atoms with E-state index in [2.05, 4.69) is 47.7 Å². The van der Waals surface area contributed by atoms with Gasteiger partial charge in [-0.2, -0.15) is 0 Å². The number of carbonyl (C=O) groups is 1. The fourth-order valence-corrected chi connectivity index (χ4v) is 9.93. The average molecular weight is 429 g/mol. The Kier molecular flexibility index (Phi) is 4.53. The lowest BCUT2D eigenvalue weighted by molar-refractivity contribution is -0.117. The molecule has 4 saturated carbocycles. The molecule has 5 aliphatic carbocycles. The van der Waals surface area contributed by atoms with E-state index in [0.29, 0.717) is 33.2 Å². The molecule has 0 bridgehead atoms. The highest BCUT2D eigenvalue weighted by molar-refractivity contribution is 6.74. The minimum absolute atomic E-state index is 0.298. The van der Waals surface area contributed by atoms with Crippen LogP contribution in [0.15, 0.2) is 11.6 Å². The van der Waals surface area contributed by atoms with Gasteiger partial charge >= 0.3 is 0 Å². The number of rotatable bonds is 2. The molecule has 2 nitrogen and oxygen atoms in total. The van der Waals surface area contributed by atoms with Crippen molar-refractivity contribution in [3.63, 3.8) is 0 Å². The predicted octanol–water partition coefficient (Wildman–Crippen LogP) is 7.30. The zero-order chi connectivity index (χ0) is 21.7. The molecule has 30 heavy (non-hydrogen) atoms. The quantitative estimate of drug-likeness (QED) is 0.431. The standard InChI is InChI=1S/C27H44O2Si/c1-24(2,3)30(6,7)29-23-17-27(23)15-12-22-20-9-8-18-16-19(28)10-13-25(18,4)21(20)11-14-26(22,27)5/h16,20-23H,8-15,17H2,1-7H3/t20-,21+,22+,23-,25+,26+,27+/m1/s1. The Labute approximate surface area is 185 Å². The van der Waals surface area contributed by atoms with Crippen molar-refractivity contribution in [2.24, 2.45) is 34.0 Å². The molecule has 3 heteroatoms. The zero-order valence-corrected chi connectivity index (χ0v) is 21.6. The molecule has 0 radical (unpaired) electrons. The third kappa shape index (κ3) is 2.73. The lowest BCUT2D eigenvalue weighted by atomic mass is 9.46. The van der Waals surface area contributed by atoms with Crippen LogP contribution in [0.5, 0.6) is 0 Å². The van der Waals surface area contributed by atoms with Gasteiger partial charge in [0.25, 0.3) is 0 Å². The van der Waals surface area contributed by atoms with E-state index in [1.807, 2.05) is 6.08 Å². The number of carbonyl (C=O) groups excluding carboxylic acids is 1. The van der Waals surface area contributed by atoms with Crippen LogP contribution >= 0.6 is 0 Å². The van der Waals surface area contributed by atoms with Gasteiger partial charge in [0, 0.05) is 11.8 Å². The van der Waals surface area contributed by atoms with Crippen LogP contribution in [-0.4, -0.2) is 20.2 Å². The summed E-state index contributed by atoms with van der Waals surface area (Å²) in [7, 11) is -1.70. The maximum Gasteiger partial charge on any atom is 0.192 e. The summed E-state index contributed by atoms with van der Waals surface area (Å²) in [5, 5.41) is 0.298. The molecule has 0 aromatic heterocycles. The summed E-state index contributed by atoms with van der Waals surface area (Å²) in [5.41, 5.74) is 2.75. The maximum atomic E-state index is 12.1. The van der Waals surface area contributed by atoms with E-state index in [0.717, 1.165) is 30.6 Å². The topological polar surface area (TPSA) is 26.3 Å².